The largest absolute Gasteiger partial charge is 0.385 e. The maximum Gasteiger partial charge on any atom is 0.191 e. The Labute approximate surface area is 109 Å². The normalized spacial score (nSPS) is 12.4. The van der Waals surface area contributed by atoms with Crippen LogP contribution in [0.25, 0.3) is 0 Å². The second-order valence-corrected chi connectivity index (χ2v) is 4.27. The van der Waals surface area contributed by atoms with Gasteiger partial charge < -0.3 is 9.47 Å². The maximum absolute atomic E-state index is 12.1. The first-order valence-electron chi connectivity index (χ1n) is 6.42. The SMILES string of the molecule is CCc1ccc(C(=O)C(C)OCCCOC)cc1. The third-order valence-corrected chi connectivity index (χ3v) is 2.88. The number of aryl methyl sites for hydroxylation is 1. The van der Waals surface area contributed by atoms with Gasteiger partial charge in [-0.15, -0.1) is 0 Å². The summed E-state index contributed by atoms with van der Waals surface area (Å²) in [6, 6.07) is 7.72. The first-order valence-corrected chi connectivity index (χ1v) is 6.42. The molecule has 0 aromatic heterocycles. The number of ether oxygens (including phenoxy) is 2. The summed E-state index contributed by atoms with van der Waals surface area (Å²) in [5, 5.41) is 0. The Balaban J connectivity index is 2.46. The van der Waals surface area contributed by atoms with Crippen LogP contribution in [0.4, 0.5) is 0 Å². The van der Waals surface area contributed by atoms with E-state index >= 15 is 0 Å². The molecule has 0 saturated heterocycles. The lowest BCUT2D eigenvalue weighted by Crippen LogP contribution is -2.21. The van der Waals surface area contributed by atoms with Gasteiger partial charge in [0.1, 0.15) is 6.10 Å². The van der Waals surface area contributed by atoms with Crippen LogP contribution in [0.2, 0.25) is 0 Å². The number of methoxy groups -OCH3 is 1. The minimum absolute atomic E-state index is 0.0371. The highest BCUT2D eigenvalue weighted by molar-refractivity contribution is 5.99. The van der Waals surface area contributed by atoms with Gasteiger partial charge in [-0.25, -0.2) is 0 Å². The van der Waals surface area contributed by atoms with Gasteiger partial charge in [-0.3, -0.25) is 4.79 Å². The van der Waals surface area contributed by atoms with Crippen molar-refractivity contribution in [1.82, 2.24) is 0 Å². The molecule has 0 fully saturated rings. The highest BCUT2D eigenvalue weighted by atomic mass is 16.5. The molecule has 1 atom stereocenters. The monoisotopic (exact) mass is 250 g/mol. The highest BCUT2D eigenvalue weighted by Gasteiger charge is 2.15. The van der Waals surface area contributed by atoms with Crippen molar-refractivity contribution in [3.63, 3.8) is 0 Å². The molecule has 1 unspecified atom stereocenters. The second-order valence-electron chi connectivity index (χ2n) is 4.27. The number of ketones is 1. The van der Waals surface area contributed by atoms with E-state index in [4.69, 9.17) is 9.47 Å². The van der Waals surface area contributed by atoms with Crippen molar-refractivity contribution >= 4 is 5.78 Å². The molecule has 3 nitrogen and oxygen atoms in total. The number of rotatable bonds is 8. The van der Waals surface area contributed by atoms with Crippen molar-refractivity contribution in [2.75, 3.05) is 20.3 Å². The van der Waals surface area contributed by atoms with E-state index in [1.54, 1.807) is 14.0 Å². The quantitative estimate of drug-likeness (QED) is 0.525. The lowest BCUT2D eigenvalue weighted by atomic mass is 10.0. The van der Waals surface area contributed by atoms with E-state index in [1.165, 1.54) is 5.56 Å². The van der Waals surface area contributed by atoms with E-state index in [1.807, 2.05) is 24.3 Å². The van der Waals surface area contributed by atoms with Gasteiger partial charge in [-0.1, -0.05) is 31.2 Å². The van der Waals surface area contributed by atoms with Gasteiger partial charge in [0.25, 0.3) is 0 Å². The summed E-state index contributed by atoms with van der Waals surface area (Å²) in [7, 11) is 1.66. The number of carbonyl (C=O) groups excluding carboxylic acids is 1. The number of carbonyl (C=O) groups is 1. The molecule has 0 amide bonds. The predicted molar refractivity (Wildman–Crippen MR) is 72.1 cm³/mol. The lowest BCUT2D eigenvalue weighted by molar-refractivity contribution is 0.0404. The molecule has 0 aliphatic rings. The summed E-state index contributed by atoms with van der Waals surface area (Å²) in [4.78, 5) is 12.1. The van der Waals surface area contributed by atoms with Crippen molar-refractivity contribution in [2.24, 2.45) is 0 Å². The molecule has 3 heteroatoms. The van der Waals surface area contributed by atoms with Crippen LogP contribution < -0.4 is 0 Å². The smallest absolute Gasteiger partial charge is 0.191 e. The van der Waals surface area contributed by atoms with Crippen LogP contribution in [0.5, 0.6) is 0 Å². The summed E-state index contributed by atoms with van der Waals surface area (Å²) >= 11 is 0. The second kappa shape index (κ2) is 8.01. The summed E-state index contributed by atoms with van der Waals surface area (Å²) in [6.07, 6.45) is 1.40. The highest BCUT2D eigenvalue weighted by Crippen LogP contribution is 2.09. The molecule has 1 aromatic rings. The molecule has 1 aromatic carbocycles. The molecule has 0 aliphatic heterocycles. The average molecular weight is 250 g/mol. The number of Topliss-reactive ketones (excluding diaryl/α,β-unsaturated/α-hetero) is 1. The Hall–Kier alpha value is -1.19. The van der Waals surface area contributed by atoms with Crippen LogP contribution in [0.1, 0.15) is 36.2 Å². The fourth-order valence-corrected chi connectivity index (χ4v) is 1.68. The topological polar surface area (TPSA) is 35.5 Å². The average Bonchev–Trinajstić information content (AvgIpc) is 2.42. The molecule has 0 bridgehead atoms. The molecule has 100 valence electrons. The van der Waals surface area contributed by atoms with Crippen LogP contribution >= 0.6 is 0 Å². The van der Waals surface area contributed by atoms with E-state index in [-0.39, 0.29) is 5.78 Å². The van der Waals surface area contributed by atoms with Gasteiger partial charge in [0.2, 0.25) is 0 Å². The Morgan fingerprint density at radius 2 is 1.89 bits per heavy atom. The summed E-state index contributed by atoms with van der Waals surface area (Å²) in [5.41, 5.74) is 1.95. The first-order chi connectivity index (χ1) is 8.69. The number of hydrogen-bond donors (Lipinski definition) is 0. The fourth-order valence-electron chi connectivity index (χ4n) is 1.68. The number of hydrogen-bond acceptors (Lipinski definition) is 3. The molecule has 0 heterocycles. The molecule has 0 saturated carbocycles. The molecule has 0 aliphatic carbocycles. The van der Waals surface area contributed by atoms with Crippen LogP contribution in [0, 0.1) is 0 Å². The molecular formula is C15H22O3. The summed E-state index contributed by atoms with van der Waals surface area (Å²) < 4.78 is 10.4. The van der Waals surface area contributed by atoms with Gasteiger partial charge in [0.15, 0.2) is 5.78 Å². The minimum atomic E-state index is -0.394. The minimum Gasteiger partial charge on any atom is -0.385 e. The Morgan fingerprint density at radius 3 is 2.44 bits per heavy atom. The van der Waals surface area contributed by atoms with Gasteiger partial charge in [-0.05, 0) is 25.3 Å². The van der Waals surface area contributed by atoms with Crippen molar-refractivity contribution in [1.29, 1.82) is 0 Å². The van der Waals surface area contributed by atoms with E-state index < -0.39 is 6.10 Å². The van der Waals surface area contributed by atoms with E-state index in [0.717, 1.165) is 12.8 Å². The van der Waals surface area contributed by atoms with E-state index in [2.05, 4.69) is 6.92 Å². The summed E-state index contributed by atoms with van der Waals surface area (Å²) in [6.45, 7) is 5.10. The Morgan fingerprint density at radius 1 is 1.22 bits per heavy atom. The Kier molecular flexibility index (Phi) is 6.61. The third-order valence-electron chi connectivity index (χ3n) is 2.88. The van der Waals surface area contributed by atoms with Crippen LogP contribution in [0.15, 0.2) is 24.3 Å². The molecule has 0 radical (unpaired) electrons. The van der Waals surface area contributed by atoms with Crippen LogP contribution in [-0.4, -0.2) is 32.2 Å². The van der Waals surface area contributed by atoms with Crippen molar-refractivity contribution in [2.45, 2.75) is 32.8 Å². The zero-order valence-electron chi connectivity index (χ0n) is 11.4. The zero-order valence-corrected chi connectivity index (χ0v) is 11.4. The molecule has 1 rings (SSSR count). The van der Waals surface area contributed by atoms with Gasteiger partial charge in [0, 0.05) is 25.9 Å². The van der Waals surface area contributed by atoms with Crippen molar-refractivity contribution in [3.8, 4) is 0 Å². The van der Waals surface area contributed by atoms with Crippen molar-refractivity contribution in [3.05, 3.63) is 35.4 Å². The third kappa shape index (κ3) is 4.59. The van der Waals surface area contributed by atoms with E-state index in [0.29, 0.717) is 18.8 Å². The number of benzene rings is 1. The van der Waals surface area contributed by atoms with Crippen molar-refractivity contribution < 1.29 is 14.3 Å². The van der Waals surface area contributed by atoms with Crippen LogP contribution in [-0.2, 0) is 15.9 Å². The lowest BCUT2D eigenvalue weighted by Gasteiger charge is -2.12. The molecule has 0 N–H and O–H groups in total. The molecule has 18 heavy (non-hydrogen) atoms. The molecule has 0 spiro atoms. The van der Waals surface area contributed by atoms with Gasteiger partial charge in [-0.2, -0.15) is 0 Å². The standard InChI is InChI=1S/C15H22O3/c1-4-13-6-8-14(9-7-13)15(16)12(2)18-11-5-10-17-3/h6-9,12H,4-5,10-11H2,1-3H3. The van der Waals surface area contributed by atoms with Gasteiger partial charge >= 0.3 is 0 Å². The van der Waals surface area contributed by atoms with E-state index in [9.17, 15) is 4.79 Å². The first kappa shape index (κ1) is 14.9. The maximum atomic E-state index is 12.1. The predicted octanol–water partition coefficient (Wildman–Crippen LogP) is 2.87. The van der Waals surface area contributed by atoms with Crippen LogP contribution in [0.3, 0.4) is 0 Å². The summed E-state index contributed by atoms with van der Waals surface area (Å²) in [5.74, 6) is 0.0371. The molecular weight excluding hydrogens is 228 g/mol. The van der Waals surface area contributed by atoms with Gasteiger partial charge in [0.05, 0.1) is 0 Å². The fraction of sp³-hybridized carbons (Fsp3) is 0.533. The Bertz CT molecular complexity index is 357. The zero-order chi connectivity index (χ0) is 13.4.